The predicted octanol–water partition coefficient (Wildman–Crippen LogP) is 3.01. The SMILES string of the molecule is C[C@@H]1c2c(nn(CC(=O)O)c2Cl)C2(SCCS2)[C@@H]1C. The minimum Gasteiger partial charge on any atom is -0.480 e. The Morgan fingerprint density at radius 2 is 2.16 bits per heavy atom. The Kier molecular flexibility index (Phi) is 3.30. The Bertz CT molecular complexity index is 540. The number of carboxylic acids is 1. The summed E-state index contributed by atoms with van der Waals surface area (Å²) in [6, 6.07) is 0. The summed E-state index contributed by atoms with van der Waals surface area (Å²) in [7, 11) is 0. The van der Waals surface area contributed by atoms with Crippen LogP contribution in [0.25, 0.3) is 0 Å². The van der Waals surface area contributed by atoms with Crippen molar-refractivity contribution in [2.24, 2.45) is 5.92 Å². The van der Waals surface area contributed by atoms with Crippen LogP contribution in [-0.2, 0) is 15.4 Å². The van der Waals surface area contributed by atoms with Crippen LogP contribution in [0.15, 0.2) is 0 Å². The Morgan fingerprint density at radius 1 is 1.53 bits per heavy atom. The highest BCUT2D eigenvalue weighted by molar-refractivity contribution is 8.20. The maximum Gasteiger partial charge on any atom is 0.325 e. The van der Waals surface area contributed by atoms with Gasteiger partial charge in [-0.1, -0.05) is 25.4 Å². The molecule has 7 heteroatoms. The molecular weight excluding hydrogens is 304 g/mol. The number of hydrogen-bond donors (Lipinski definition) is 1. The zero-order chi connectivity index (χ0) is 13.8. The lowest BCUT2D eigenvalue weighted by Crippen LogP contribution is -2.23. The van der Waals surface area contributed by atoms with Crippen LogP contribution in [-0.4, -0.2) is 32.4 Å². The van der Waals surface area contributed by atoms with E-state index in [0.29, 0.717) is 17.0 Å². The number of rotatable bonds is 2. The van der Waals surface area contributed by atoms with E-state index < -0.39 is 5.97 Å². The molecule has 0 bridgehead atoms. The number of aliphatic carboxylic acids is 1. The summed E-state index contributed by atoms with van der Waals surface area (Å²) in [6.45, 7) is 4.24. The van der Waals surface area contributed by atoms with Crippen molar-refractivity contribution in [3.8, 4) is 0 Å². The number of aromatic nitrogens is 2. The van der Waals surface area contributed by atoms with Crippen LogP contribution in [0, 0.1) is 5.92 Å². The molecule has 1 saturated heterocycles. The molecule has 1 aliphatic heterocycles. The molecule has 1 N–H and O–H groups in total. The molecule has 19 heavy (non-hydrogen) atoms. The first kappa shape index (κ1) is 13.6. The van der Waals surface area contributed by atoms with Crippen LogP contribution in [0.4, 0.5) is 0 Å². The van der Waals surface area contributed by atoms with E-state index in [1.54, 1.807) is 0 Å². The molecule has 0 amide bonds. The van der Waals surface area contributed by atoms with Gasteiger partial charge in [0.2, 0.25) is 0 Å². The smallest absolute Gasteiger partial charge is 0.325 e. The fourth-order valence-electron chi connectivity index (χ4n) is 2.97. The van der Waals surface area contributed by atoms with Gasteiger partial charge in [0.15, 0.2) is 0 Å². The van der Waals surface area contributed by atoms with E-state index in [4.69, 9.17) is 16.7 Å². The van der Waals surface area contributed by atoms with Crippen molar-refractivity contribution in [1.29, 1.82) is 0 Å². The Balaban J connectivity index is 2.11. The van der Waals surface area contributed by atoms with Crippen molar-refractivity contribution in [2.75, 3.05) is 11.5 Å². The average Bonchev–Trinajstić information content (AvgIpc) is 2.98. The van der Waals surface area contributed by atoms with Gasteiger partial charge in [0.05, 0.1) is 5.69 Å². The number of carbonyl (C=O) groups is 1. The van der Waals surface area contributed by atoms with Gasteiger partial charge in [-0.15, -0.1) is 23.5 Å². The monoisotopic (exact) mass is 318 g/mol. The number of nitrogens with zero attached hydrogens (tertiary/aromatic N) is 2. The first-order chi connectivity index (χ1) is 8.97. The lowest BCUT2D eigenvalue weighted by atomic mass is 9.97. The van der Waals surface area contributed by atoms with Crippen LogP contribution >= 0.6 is 35.1 Å². The molecule has 0 radical (unpaired) electrons. The van der Waals surface area contributed by atoms with E-state index in [2.05, 4.69) is 18.9 Å². The summed E-state index contributed by atoms with van der Waals surface area (Å²) in [6.07, 6.45) is 0. The van der Waals surface area contributed by atoms with Crippen LogP contribution in [0.2, 0.25) is 5.15 Å². The van der Waals surface area contributed by atoms with Gasteiger partial charge < -0.3 is 5.11 Å². The third-order valence-electron chi connectivity index (χ3n) is 4.06. The molecule has 1 aliphatic carbocycles. The molecule has 1 aromatic rings. The summed E-state index contributed by atoms with van der Waals surface area (Å²) in [5.41, 5.74) is 2.06. The molecule has 0 unspecified atom stereocenters. The number of hydrogen-bond acceptors (Lipinski definition) is 4. The van der Waals surface area contributed by atoms with Crippen molar-refractivity contribution in [3.63, 3.8) is 0 Å². The normalized spacial score (nSPS) is 27.9. The van der Waals surface area contributed by atoms with E-state index in [0.717, 1.165) is 22.8 Å². The zero-order valence-electron chi connectivity index (χ0n) is 10.7. The molecule has 104 valence electrons. The van der Waals surface area contributed by atoms with Crippen LogP contribution in [0.3, 0.4) is 0 Å². The van der Waals surface area contributed by atoms with E-state index in [9.17, 15) is 4.79 Å². The molecule has 1 spiro atoms. The largest absolute Gasteiger partial charge is 0.480 e. The van der Waals surface area contributed by atoms with Gasteiger partial charge in [0.25, 0.3) is 0 Å². The van der Waals surface area contributed by atoms with Gasteiger partial charge in [-0.3, -0.25) is 4.79 Å². The second-order valence-corrected chi connectivity index (χ2v) is 8.34. The van der Waals surface area contributed by atoms with Crippen molar-refractivity contribution in [1.82, 2.24) is 9.78 Å². The van der Waals surface area contributed by atoms with Crippen molar-refractivity contribution >= 4 is 41.1 Å². The number of fused-ring (bicyclic) bond motifs is 2. The number of halogens is 1. The summed E-state index contributed by atoms with van der Waals surface area (Å²) in [5, 5.41) is 14.0. The Labute approximate surface area is 125 Å². The summed E-state index contributed by atoms with van der Waals surface area (Å²) in [5.74, 6) is 2.11. The van der Waals surface area contributed by atoms with Gasteiger partial charge in [-0.05, 0) is 11.8 Å². The van der Waals surface area contributed by atoms with Crippen LogP contribution in [0.5, 0.6) is 0 Å². The molecule has 2 atom stereocenters. The van der Waals surface area contributed by atoms with Gasteiger partial charge in [-0.2, -0.15) is 5.10 Å². The molecule has 2 heterocycles. The molecule has 3 rings (SSSR count). The molecule has 0 saturated carbocycles. The Hall–Kier alpha value is -0.330. The standard InChI is InChI=1S/C12H15ClN2O2S2/c1-6-7(2)12(18-3-4-19-12)10-9(6)11(13)15(14-10)5-8(16)17/h6-7H,3-5H2,1-2H3,(H,16,17)/t6-,7+/m0/s1. The minimum atomic E-state index is -0.912. The van der Waals surface area contributed by atoms with Gasteiger partial charge in [0, 0.05) is 17.1 Å². The van der Waals surface area contributed by atoms with E-state index in [-0.39, 0.29) is 10.6 Å². The fraction of sp³-hybridized carbons (Fsp3) is 0.667. The third-order valence-corrected chi connectivity index (χ3v) is 8.23. The van der Waals surface area contributed by atoms with Crippen molar-refractivity contribution < 1.29 is 9.90 Å². The molecule has 4 nitrogen and oxygen atoms in total. The van der Waals surface area contributed by atoms with Gasteiger partial charge >= 0.3 is 5.97 Å². The maximum atomic E-state index is 10.9. The molecular formula is C12H15ClN2O2S2. The molecule has 1 fully saturated rings. The maximum absolute atomic E-state index is 10.9. The first-order valence-electron chi connectivity index (χ1n) is 6.23. The highest BCUT2D eigenvalue weighted by atomic mass is 35.5. The Morgan fingerprint density at radius 3 is 2.74 bits per heavy atom. The quantitative estimate of drug-likeness (QED) is 0.908. The summed E-state index contributed by atoms with van der Waals surface area (Å²) >= 11 is 10.2. The van der Waals surface area contributed by atoms with Crippen LogP contribution < -0.4 is 0 Å². The molecule has 0 aromatic carbocycles. The second-order valence-electron chi connectivity index (χ2n) is 5.05. The molecule has 2 aliphatic rings. The van der Waals surface area contributed by atoms with E-state index in [1.807, 2.05) is 23.5 Å². The van der Waals surface area contributed by atoms with E-state index in [1.165, 1.54) is 4.68 Å². The average molecular weight is 319 g/mol. The topological polar surface area (TPSA) is 55.1 Å². The number of carboxylic acid groups (broad SMARTS) is 1. The van der Waals surface area contributed by atoms with Gasteiger partial charge in [0.1, 0.15) is 15.8 Å². The third kappa shape index (κ3) is 1.83. The van der Waals surface area contributed by atoms with Crippen molar-refractivity contribution in [3.05, 3.63) is 16.4 Å². The lowest BCUT2D eigenvalue weighted by Gasteiger charge is -2.28. The number of thioether (sulfide) groups is 2. The highest BCUT2D eigenvalue weighted by Crippen LogP contribution is 2.65. The highest BCUT2D eigenvalue weighted by Gasteiger charge is 2.54. The first-order valence-corrected chi connectivity index (χ1v) is 8.58. The van der Waals surface area contributed by atoms with Gasteiger partial charge in [-0.25, -0.2) is 4.68 Å². The fourth-order valence-corrected chi connectivity index (χ4v) is 6.95. The zero-order valence-corrected chi connectivity index (χ0v) is 13.1. The van der Waals surface area contributed by atoms with Crippen molar-refractivity contribution in [2.45, 2.75) is 30.4 Å². The second kappa shape index (κ2) is 4.60. The van der Waals surface area contributed by atoms with E-state index >= 15 is 0 Å². The summed E-state index contributed by atoms with van der Waals surface area (Å²) in [4.78, 5) is 10.9. The lowest BCUT2D eigenvalue weighted by molar-refractivity contribution is -0.137. The minimum absolute atomic E-state index is 0.0257. The summed E-state index contributed by atoms with van der Waals surface area (Å²) < 4.78 is 1.40. The molecule has 1 aromatic heterocycles. The van der Waals surface area contributed by atoms with Crippen LogP contribution in [0.1, 0.15) is 31.0 Å². The predicted molar refractivity (Wildman–Crippen MR) is 79.0 cm³/mol.